The van der Waals surface area contributed by atoms with Gasteiger partial charge in [-0.3, -0.25) is 0 Å². The highest BCUT2D eigenvalue weighted by molar-refractivity contribution is 6.29. The van der Waals surface area contributed by atoms with Gasteiger partial charge < -0.3 is 9.84 Å². The summed E-state index contributed by atoms with van der Waals surface area (Å²) in [6.45, 7) is 4.39. The van der Waals surface area contributed by atoms with Crippen LogP contribution in [0.15, 0.2) is 11.6 Å². The third kappa shape index (κ3) is 3.29. The van der Waals surface area contributed by atoms with Crippen molar-refractivity contribution >= 4 is 11.6 Å². The molecule has 0 radical (unpaired) electrons. The minimum atomic E-state index is -0.226. The van der Waals surface area contributed by atoms with Gasteiger partial charge in [0.15, 0.2) is 0 Å². The zero-order chi connectivity index (χ0) is 9.84. The van der Waals surface area contributed by atoms with Gasteiger partial charge in [-0.05, 0) is 31.1 Å². The van der Waals surface area contributed by atoms with Crippen LogP contribution >= 0.6 is 11.6 Å². The van der Waals surface area contributed by atoms with Crippen molar-refractivity contribution in [3.05, 3.63) is 11.6 Å². The minimum Gasteiger partial charge on any atom is -0.393 e. The maximum atomic E-state index is 9.68. The lowest BCUT2D eigenvalue weighted by Gasteiger charge is -2.12. The summed E-state index contributed by atoms with van der Waals surface area (Å²) < 4.78 is 5.06. The summed E-state index contributed by atoms with van der Waals surface area (Å²) >= 11 is 5.71. The van der Waals surface area contributed by atoms with Crippen molar-refractivity contribution in [2.24, 2.45) is 11.8 Å². The number of aliphatic hydroxyl groups is 1. The normalized spacial score (nSPS) is 33.6. The van der Waals surface area contributed by atoms with Gasteiger partial charge in [0.05, 0.1) is 6.10 Å². The molecule has 3 unspecified atom stereocenters. The van der Waals surface area contributed by atoms with Crippen LogP contribution in [-0.2, 0) is 4.74 Å². The molecular formula is C10H17ClO2. The quantitative estimate of drug-likeness (QED) is 0.761. The lowest BCUT2D eigenvalue weighted by Crippen LogP contribution is -2.12. The molecule has 0 aromatic carbocycles. The van der Waals surface area contributed by atoms with E-state index in [1.807, 2.05) is 0 Å². The molecule has 0 aliphatic heterocycles. The van der Waals surface area contributed by atoms with E-state index < -0.39 is 0 Å². The monoisotopic (exact) mass is 204 g/mol. The molecule has 3 atom stereocenters. The number of hydrogen-bond acceptors (Lipinski definition) is 2. The molecule has 0 aromatic heterocycles. The summed E-state index contributed by atoms with van der Waals surface area (Å²) in [5, 5.41) is 10.3. The maximum Gasteiger partial charge on any atom is 0.0575 e. The van der Waals surface area contributed by atoms with Crippen molar-refractivity contribution in [1.29, 1.82) is 0 Å². The Morgan fingerprint density at radius 1 is 1.62 bits per heavy atom. The van der Waals surface area contributed by atoms with Gasteiger partial charge in [0, 0.05) is 18.7 Å². The molecule has 0 bridgehead atoms. The van der Waals surface area contributed by atoms with Crippen molar-refractivity contribution in [2.75, 3.05) is 13.7 Å². The first-order valence-electron chi connectivity index (χ1n) is 4.63. The van der Waals surface area contributed by atoms with Crippen molar-refractivity contribution in [3.63, 3.8) is 0 Å². The summed E-state index contributed by atoms with van der Waals surface area (Å²) in [4.78, 5) is 0. The molecule has 0 aromatic rings. The van der Waals surface area contributed by atoms with Crippen LogP contribution in [-0.4, -0.2) is 24.9 Å². The van der Waals surface area contributed by atoms with E-state index in [0.29, 0.717) is 11.0 Å². The van der Waals surface area contributed by atoms with Crippen LogP contribution in [0.4, 0.5) is 0 Å². The predicted molar refractivity (Wildman–Crippen MR) is 53.7 cm³/mol. The van der Waals surface area contributed by atoms with E-state index in [1.54, 1.807) is 7.11 Å². The van der Waals surface area contributed by atoms with Crippen LogP contribution in [0.2, 0.25) is 0 Å². The Balaban J connectivity index is 2.37. The molecule has 0 heterocycles. The van der Waals surface area contributed by atoms with E-state index in [1.165, 1.54) is 0 Å². The Labute approximate surface area is 84.5 Å². The Bertz CT molecular complexity index is 182. The van der Waals surface area contributed by atoms with Gasteiger partial charge in [-0.15, -0.1) is 0 Å². The van der Waals surface area contributed by atoms with Crippen molar-refractivity contribution in [3.8, 4) is 0 Å². The first-order valence-corrected chi connectivity index (χ1v) is 5.01. The molecule has 3 heteroatoms. The van der Waals surface area contributed by atoms with Gasteiger partial charge in [0.2, 0.25) is 0 Å². The summed E-state index contributed by atoms with van der Waals surface area (Å²) in [5.41, 5.74) is 0. The van der Waals surface area contributed by atoms with Crippen LogP contribution in [0.5, 0.6) is 0 Å². The largest absolute Gasteiger partial charge is 0.393 e. The predicted octanol–water partition coefficient (Wildman–Crippen LogP) is 2.16. The summed E-state index contributed by atoms with van der Waals surface area (Å²) in [6, 6.07) is 0. The molecule has 0 spiro atoms. The minimum absolute atomic E-state index is 0.226. The second kappa shape index (κ2) is 4.99. The van der Waals surface area contributed by atoms with Gasteiger partial charge in [0.1, 0.15) is 0 Å². The van der Waals surface area contributed by atoms with Gasteiger partial charge in [0.25, 0.3) is 0 Å². The maximum absolute atomic E-state index is 9.68. The molecule has 1 aliphatic carbocycles. The molecular weight excluding hydrogens is 188 g/mol. The van der Waals surface area contributed by atoms with Gasteiger partial charge in [-0.25, -0.2) is 0 Å². The van der Waals surface area contributed by atoms with Crippen LogP contribution < -0.4 is 0 Å². The van der Waals surface area contributed by atoms with Crippen LogP contribution in [0.3, 0.4) is 0 Å². The van der Waals surface area contributed by atoms with Gasteiger partial charge in [-0.1, -0.05) is 18.2 Å². The average molecular weight is 205 g/mol. The number of ether oxygens (including phenoxy) is 1. The van der Waals surface area contributed by atoms with E-state index in [0.717, 1.165) is 25.9 Å². The number of halogens is 1. The lowest BCUT2D eigenvalue weighted by molar-refractivity contribution is 0.122. The highest BCUT2D eigenvalue weighted by Gasteiger charge is 2.32. The highest BCUT2D eigenvalue weighted by Crippen LogP contribution is 2.35. The third-order valence-electron chi connectivity index (χ3n) is 2.64. The van der Waals surface area contributed by atoms with Crippen molar-refractivity contribution in [2.45, 2.75) is 25.4 Å². The highest BCUT2D eigenvalue weighted by atomic mass is 35.5. The van der Waals surface area contributed by atoms with E-state index >= 15 is 0 Å². The van der Waals surface area contributed by atoms with Gasteiger partial charge >= 0.3 is 0 Å². The second-order valence-electron chi connectivity index (χ2n) is 3.84. The molecule has 0 amide bonds. The van der Waals surface area contributed by atoms with Crippen molar-refractivity contribution < 1.29 is 9.84 Å². The second-order valence-corrected chi connectivity index (χ2v) is 4.38. The number of rotatable bonds is 4. The van der Waals surface area contributed by atoms with Gasteiger partial charge in [-0.2, -0.15) is 0 Å². The molecule has 13 heavy (non-hydrogen) atoms. The molecule has 2 nitrogen and oxygen atoms in total. The molecule has 0 saturated heterocycles. The number of methoxy groups -OCH3 is 1. The molecule has 1 fully saturated rings. The van der Waals surface area contributed by atoms with E-state index in [4.69, 9.17) is 16.3 Å². The Kier molecular flexibility index (Phi) is 4.23. The van der Waals surface area contributed by atoms with Crippen LogP contribution in [0.25, 0.3) is 0 Å². The van der Waals surface area contributed by atoms with Crippen LogP contribution in [0, 0.1) is 11.8 Å². The van der Waals surface area contributed by atoms with Crippen molar-refractivity contribution in [1.82, 2.24) is 0 Å². The van der Waals surface area contributed by atoms with E-state index in [9.17, 15) is 5.11 Å². The molecule has 76 valence electrons. The molecule has 1 N–H and O–H groups in total. The van der Waals surface area contributed by atoms with E-state index in [-0.39, 0.29) is 12.0 Å². The molecule has 1 rings (SSSR count). The van der Waals surface area contributed by atoms with Crippen LogP contribution in [0.1, 0.15) is 19.3 Å². The average Bonchev–Trinajstić information content (AvgIpc) is 2.31. The summed E-state index contributed by atoms with van der Waals surface area (Å²) in [6.07, 6.45) is 2.34. The first kappa shape index (κ1) is 11.0. The number of aliphatic hydroxyl groups excluding tert-OH is 1. The molecule has 1 saturated carbocycles. The lowest BCUT2D eigenvalue weighted by atomic mass is 10.0. The fraction of sp³-hybridized carbons (Fsp3) is 0.800. The SMILES string of the molecule is C=C(Cl)CC1CC(COC)CC1O. The number of hydrogen-bond donors (Lipinski definition) is 1. The Hall–Kier alpha value is -0.0500. The Morgan fingerprint density at radius 2 is 2.31 bits per heavy atom. The molecule has 1 aliphatic rings. The first-order chi connectivity index (χ1) is 6.13. The fourth-order valence-electron chi connectivity index (χ4n) is 2.09. The smallest absolute Gasteiger partial charge is 0.0575 e. The fourth-order valence-corrected chi connectivity index (χ4v) is 2.29. The summed E-state index contributed by atoms with van der Waals surface area (Å²) in [7, 11) is 1.69. The summed E-state index contributed by atoms with van der Waals surface area (Å²) in [5.74, 6) is 0.770. The third-order valence-corrected chi connectivity index (χ3v) is 2.80. The number of allylic oxidation sites excluding steroid dienone is 1. The zero-order valence-corrected chi connectivity index (χ0v) is 8.76. The Morgan fingerprint density at radius 3 is 2.85 bits per heavy atom. The van der Waals surface area contributed by atoms with E-state index in [2.05, 4.69) is 6.58 Å². The zero-order valence-electron chi connectivity index (χ0n) is 8.00. The standard InChI is InChI=1S/C10H17ClO2/c1-7(11)3-9-4-8(6-13-2)5-10(9)12/h8-10,12H,1,3-6H2,2H3. The topological polar surface area (TPSA) is 29.5 Å².